The molecule has 0 fully saturated rings. The van der Waals surface area contributed by atoms with Gasteiger partial charge in [-0.2, -0.15) is 0 Å². The van der Waals surface area contributed by atoms with Crippen molar-refractivity contribution < 1.29 is 19.4 Å². The molecule has 10 heteroatoms. The Kier molecular flexibility index (Phi) is 11.3. The van der Waals surface area contributed by atoms with Gasteiger partial charge in [-0.05, 0) is 144 Å². The van der Waals surface area contributed by atoms with Crippen molar-refractivity contribution in [1.29, 1.82) is 0 Å². The van der Waals surface area contributed by atoms with Crippen LogP contribution in [0.1, 0.15) is 43.0 Å². The number of rotatable bonds is 8. The third-order valence-electron chi connectivity index (χ3n) is 9.29. The van der Waals surface area contributed by atoms with E-state index in [0.29, 0.717) is 38.5 Å². The summed E-state index contributed by atoms with van der Waals surface area (Å²) in [6.07, 6.45) is 5.20. The second-order valence-corrected chi connectivity index (χ2v) is 14.6. The number of carbonyl (C=O) groups excluding carboxylic acids is 1. The molecule has 0 unspecified atom stereocenters. The highest BCUT2D eigenvalue weighted by Gasteiger charge is 2.15. The third-order valence-corrected chi connectivity index (χ3v) is 10.3. The minimum atomic E-state index is -0.970. The Morgan fingerprint density at radius 1 is 0.527 bits per heavy atom. The average molecular weight is 807 g/mol. The number of carboxylic acid groups (broad SMARTS) is 1. The monoisotopic (exact) mass is 804 g/mol. The van der Waals surface area contributed by atoms with E-state index >= 15 is 0 Å². The Morgan fingerprint density at radius 3 is 1.38 bits per heavy atom. The molecule has 0 atom stereocenters. The van der Waals surface area contributed by atoms with Gasteiger partial charge in [-0.25, -0.2) is 9.59 Å². The highest BCUT2D eigenvalue weighted by molar-refractivity contribution is 6.31. The summed E-state index contributed by atoms with van der Waals surface area (Å²) in [6.45, 7) is 0. The van der Waals surface area contributed by atoms with E-state index in [9.17, 15) is 14.7 Å². The van der Waals surface area contributed by atoms with Crippen molar-refractivity contribution in [3.05, 3.63) is 199 Å². The molecule has 0 bridgehead atoms. The van der Waals surface area contributed by atoms with Gasteiger partial charge in [0.1, 0.15) is 0 Å². The van der Waals surface area contributed by atoms with E-state index in [1.54, 1.807) is 24.3 Å². The van der Waals surface area contributed by atoms with Gasteiger partial charge in [0.05, 0.1) is 29.3 Å². The van der Waals surface area contributed by atoms with Gasteiger partial charge in [0.15, 0.2) is 0 Å². The van der Waals surface area contributed by atoms with E-state index in [4.69, 9.17) is 51.1 Å². The number of carboxylic acids is 1. The zero-order valence-electron chi connectivity index (χ0n) is 29.3. The molecule has 8 aromatic rings. The van der Waals surface area contributed by atoms with Crippen LogP contribution in [0.3, 0.4) is 0 Å². The summed E-state index contributed by atoms with van der Waals surface area (Å²) in [5.41, 5.74) is 8.78. The lowest BCUT2D eigenvalue weighted by atomic mass is 9.99. The van der Waals surface area contributed by atoms with E-state index in [2.05, 4.69) is 45.5 Å². The molecule has 55 heavy (non-hydrogen) atoms. The van der Waals surface area contributed by atoms with E-state index in [1.807, 2.05) is 79.1 Å². The van der Waals surface area contributed by atoms with E-state index in [0.717, 1.165) is 55.4 Å². The molecule has 0 aliphatic heterocycles. The molecule has 6 nitrogen and oxygen atoms in total. The lowest BCUT2D eigenvalue weighted by Crippen LogP contribution is -2.06. The first-order chi connectivity index (χ1) is 26.6. The van der Waals surface area contributed by atoms with Crippen molar-refractivity contribution in [2.75, 3.05) is 7.11 Å². The zero-order chi connectivity index (χ0) is 38.6. The smallest absolute Gasteiger partial charge is 0.338 e. The van der Waals surface area contributed by atoms with Crippen LogP contribution in [0.5, 0.6) is 0 Å². The third kappa shape index (κ3) is 8.59. The van der Waals surface area contributed by atoms with Crippen molar-refractivity contribution >= 4 is 80.1 Å². The van der Waals surface area contributed by atoms with Crippen LogP contribution >= 0.6 is 46.4 Å². The van der Waals surface area contributed by atoms with Crippen LogP contribution in [0.25, 0.3) is 33.2 Å². The lowest BCUT2D eigenvalue weighted by Gasteiger charge is -2.10. The number of nitrogens with zero attached hydrogens (tertiary/aromatic N) is 2. The number of fused-ring (bicyclic) bond motifs is 2. The SMILES string of the molecule is COC(=O)c1cc(Cl)ccc1Cc1ccc2c(ccn2-c2ccc(Cl)cc2)c1.O=C(O)c1cc(Cl)ccc1Cc1ccc2c(ccn2-c2ccc(Cl)cc2)c1. The van der Waals surface area contributed by atoms with Gasteiger partial charge in [-0.15, -0.1) is 0 Å². The Balaban J connectivity index is 0.000000169. The predicted octanol–water partition coefficient (Wildman–Crippen LogP) is 12.5. The van der Waals surface area contributed by atoms with Crippen LogP contribution in [-0.4, -0.2) is 33.3 Å². The summed E-state index contributed by atoms with van der Waals surface area (Å²) in [4.78, 5) is 23.6. The van der Waals surface area contributed by atoms with Crippen molar-refractivity contribution in [3.63, 3.8) is 0 Å². The highest BCUT2D eigenvalue weighted by Crippen LogP contribution is 2.28. The van der Waals surface area contributed by atoms with Crippen molar-refractivity contribution in [1.82, 2.24) is 9.13 Å². The summed E-state index contributed by atoms with van der Waals surface area (Å²) in [7, 11) is 1.37. The number of methoxy groups -OCH3 is 1. The molecule has 0 aliphatic carbocycles. The van der Waals surface area contributed by atoms with Gasteiger partial charge in [0.2, 0.25) is 0 Å². The first-order valence-corrected chi connectivity index (χ1v) is 18.7. The lowest BCUT2D eigenvalue weighted by molar-refractivity contribution is 0.0598. The number of aromatic carboxylic acids is 1. The first kappa shape index (κ1) is 37.8. The van der Waals surface area contributed by atoms with E-state index < -0.39 is 5.97 Å². The fourth-order valence-electron chi connectivity index (χ4n) is 6.60. The summed E-state index contributed by atoms with van der Waals surface area (Å²) in [5, 5.41) is 14.0. The predicted molar refractivity (Wildman–Crippen MR) is 223 cm³/mol. The van der Waals surface area contributed by atoms with Gasteiger partial charge >= 0.3 is 11.9 Å². The first-order valence-electron chi connectivity index (χ1n) is 17.2. The fourth-order valence-corrected chi connectivity index (χ4v) is 7.20. The summed E-state index contributed by atoms with van der Waals surface area (Å²) < 4.78 is 9.11. The minimum absolute atomic E-state index is 0.237. The Morgan fingerprint density at radius 2 is 0.945 bits per heavy atom. The number of halogens is 4. The summed E-state index contributed by atoms with van der Waals surface area (Å²) in [6, 6.07) is 42.3. The van der Waals surface area contributed by atoms with E-state index in [1.165, 1.54) is 13.2 Å². The maximum Gasteiger partial charge on any atom is 0.338 e. The van der Waals surface area contributed by atoms with Gasteiger partial charge in [-0.3, -0.25) is 0 Å². The largest absolute Gasteiger partial charge is 0.478 e. The molecule has 0 saturated heterocycles. The molecule has 0 radical (unpaired) electrons. The van der Waals surface area contributed by atoms with Gasteiger partial charge in [0, 0.05) is 54.6 Å². The topological polar surface area (TPSA) is 73.5 Å². The quantitative estimate of drug-likeness (QED) is 0.155. The van der Waals surface area contributed by atoms with Crippen molar-refractivity contribution in [2.45, 2.75) is 12.8 Å². The van der Waals surface area contributed by atoms with Gasteiger partial charge < -0.3 is 19.0 Å². The maximum atomic E-state index is 12.1. The molecule has 274 valence electrons. The maximum absolute atomic E-state index is 12.1. The van der Waals surface area contributed by atoms with Crippen LogP contribution in [0.4, 0.5) is 0 Å². The molecular weight excluding hydrogens is 774 g/mol. The van der Waals surface area contributed by atoms with Crippen LogP contribution < -0.4 is 0 Å². The summed E-state index contributed by atoms with van der Waals surface area (Å²) >= 11 is 24.0. The number of aromatic nitrogens is 2. The molecule has 6 aromatic carbocycles. The minimum Gasteiger partial charge on any atom is -0.478 e. The number of esters is 1. The van der Waals surface area contributed by atoms with Crippen LogP contribution in [0.15, 0.2) is 146 Å². The van der Waals surface area contributed by atoms with Crippen LogP contribution in [0, 0.1) is 0 Å². The highest BCUT2D eigenvalue weighted by atomic mass is 35.5. The number of hydrogen-bond donors (Lipinski definition) is 1. The zero-order valence-corrected chi connectivity index (χ0v) is 32.4. The molecule has 0 saturated carbocycles. The van der Waals surface area contributed by atoms with Crippen LogP contribution in [0.2, 0.25) is 20.1 Å². The number of hydrogen-bond acceptors (Lipinski definition) is 3. The molecule has 8 rings (SSSR count). The van der Waals surface area contributed by atoms with Gasteiger partial charge in [-0.1, -0.05) is 70.7 Å². The Bertz CT molecular complexity index is 2680. The fraction of sp³-hybridized carbons (Fsp3) is 0.0667. The number of ether oxygens (including phenoxy) is 1. The molecule has 2 aromatic heterocycles. The normalized spacial score (nSPS) is 11.0. The second-order valence-electron chi connectivity index (χ2n) is 12.9. The number of carbonyl (C=O) groups is 2. The molecular formula is C45H32Cl4N2O4. The molecule has 0 aliphatic rings. The summed E-state index contributed by atoms with van der Waals surface area (Å²) in [5.74, 6) is -1.35. The average Bonchev–Trinajstić information content (AvgIpc) is 3.81. The Labute approximate surface area is 337 Å². The molecule has 1 N–H and O–H groups in total. The molecule has 2 heterocycles. The number of benzene rings is 6. The van der Waals surface area contributed by atoms with Crippen molar-refractivity contribution in [2.24, 2.45) is 0 Å². The van der Waals surface area contributed by atoms with E-state index in [-0.39, 0.29) is 11.5 Å². The van der Waals surface area contributed by atoms with Gasteiger partial charge in [0.25, 0.3) is 0 Å². The van der Waals surface area contributed by atoms with Crippen molar-refractivity contribution in [3.8, 4) is 11.4 Å². The second kappa shape index (κ2) is 16.5. The standard InChI is InChI=1S/C23H17Cl2NO2.C22H15Cl2NO2/c1-28-23(27)21-14-19(25)4-3-16(21)12-15-2-9-22-17(13-15)10-11-26(22)20-7-5-18(24)6-8-20;23-17-4-6-19(7-5-17)25-10-9-16-12-14(1-8-21(16)25)11-15-2-3-18(24)13-20(15)22(26)27/h2-11,13-14H,12H2,1H3;1-10,12-13H,11H2,(H,26,27). The Hall–Kier alpha value is -5.50. The molecule has 0 amide bonds. The van der Waals surface area contributed by atoms with Crippen LogP contribution in [-0.2, 0) is 17.6 Å². The molecule has 0 spiro atoms.